The lowest BCUT2D eigenvalue weighted by Crippen LogP contribution is -2.06. The van der Waals surface area contributed by atoms with Crippen molar-refractivity contribution in [3.63, 3.8) is 0 Å². The van der Waals surface area contributed by atoms with Crippen LogP contribution >= 0.6 is 0 Å². The molecule has 6 heteroatoms. The van der Waals surface area contributed by atoms with Gasteiger partial charge in [-0.2, -0.15) is 10.1 Å². The van der Waals surface area contributed by atoms with Gasteiger partial charge in [-0.3, -0.25) is 0 Å². The van der Waals surface area contributed by atoms with E-state index in [1.807, 2.05) is 43.3 Å². The van der Waals surface area contributed by atoms with Crippen LogP contribution in [0.5, 0.6) is 5.75 Å². The number of aryl methyl sites for hydroxylation is 1. The topological polar surface area (TPSA) is 72.0 Å². The van der Waals surface area contributed by atoms with E-state index in [0.29, 0.717) is 18.3 Å². The molecule has 0 amide bonds. The van der Waals surface area contributed by atoms with E-state index in [2.05, 4.69) is 37.9 Å². The maximum absolute atomic E-state index is 5.35. The molecule has 0 aliphatic carbocycles. The van der Waals surface area contributed by atoms with E-state index in [1.165, 1.54) is 5.56 Å². The lowest BCUT2D eigenvalue weighted by Gasteiger charge is -2.11. The quantitative estimate of drug-likeness (QED) is 0.723. The van der Waals surface area contributed by atoms with E-state index in [9.17, 15) is 0 Å². The normalized spacial score (nSPS) is 10.2. The van der Waals surface area contributed by atoms with Gasteiger partial charge < -0.3 is 15.4 Å². The molecular formula is C18H19N5O. The maximum Gasteiger partial charge on any atom is 0.249 e. The summed E-state index contributed by atoms with van der Waals surface area (Å²) in [6.07, 6.45) is 1.60. The molecule has 2 N–H and O–H groups in total. The molecule has 0 aliphatic rings. The number of hydrogen-bond donors (Lipinski definition) is 2. The van der Waals surface area contributed by atoms with Crippen LogP contribution in [0.1, 0.15) is 11.1 Å². The molecule has 0 saturated heterocycles. The van der Waals surface area contributed by atoms with Crippen LogP contribution in [0.25, 0.3) is 0 Å². The first kappa shape index (κ1) is 15.7. The summed E-state index contributed by atoms with van der Waals surface area (Å²) < 4.78 is 5.35. The van der Waals surface area contributed by atoms with Gasteiger partial charge in [-0.25, -0.2) is 0 Å². The molecule has 2 aromatic carbocycles. The molecular weight excluding hydrogens is 302 g/mol. The number of aromatic nitrogens is 3. The highest BCUT2D eigenvalue weighted by Gasteiger charge is 2.06. The average Bonchev–Trinajstić information content (AvgIpc) is 2.61. The van der Waals surface area contributed by atoms with Crippen molar-refractivity contribution in [3.8, 4) is 5.75 Å². The molecule has 0 bridgehead atoms. The number of methoxy groups -OCH3 is 1. The molecule has 122 valence electrons. The summed E-state index contributed by atoms with van der Waals surface area (Å²) in [6.45, 7) is 2.69. The highest BCUT2D eigenvalue weighted by atomic mass is 16.5. The number of rotatable bonds is 6. The Morgan fingerprint density at radius 2 is 1.92 bits per heavy atom. The third-order valence-electron chi connectivity index (χ3n) is 3.48. The van der Waals surface area contributed by atoms with Crippen molar-refractivity contribution < 1.29 is 4.74 Å². The van der Waals surface area contributed by atoms with Crippen LogP contribution in [0.4, 0.5) is 17.5 Å². The summed E-state index contributed by atoms with van der Waals surface area (Å²) in [5.74, 6) is 1.80. The van der Waals surface area contributed by atoms with Crippen molar-refractivity contribution in [2.45, 2.75) is 13.5 Å². The Balaban J connectivity index is 1.72. The second-order valence-electron chi connectivity index (χ2n) is 5.33. The van der Waals surface area contributed by atoms with Gasteiger partial charge >= 0.3 is 0 Å². The molecule has 0 fully saturated rings. The van der Waals surface area contributed by atoms with Crippen molar-refractivity contribution in [2.75, 3.05) is 17.7 Å². The molecule has 6 nitrogen and oxygen atoms in total. The molecule has 3 rings (SSSR count). The van der Waals surface area contributed by atoms with Crippen LogP contribution in [-0.4, -0.2) is 22.3 Å². The maximum atomic E-state index is 5.35. The van der Waals surface area contributed by atoms with Crippen LogP contribution in [-0.2, 0) is 6.54 Å². The average molecular weight is 321 g/mol. The zero-order valence-electron chi connectivity index (χ0n) is 13.7. The highest BCUT2D eigenvalue weighted by Crippen LogP contribution is 2.27. The smallest absolute Gasteiger partial charge is 0.249 e. The predicted octanol–water partition coefficient (Wildman–Crippen LogP) is 3.54. The zero-order valence-corrected chi connectivity index (χ0v) is 13.7. The number of nitrogens with zero attached hydrogens (tertiary/aromatic N) is 3. The molecule has 0 unspecified atom stereocenters. The summed E-state index contributed by atoms with van der Waals surface area (Å²) in [5.41, 5.74) is 3.09. The van der Waals surface area contributed by atoms with E-state index in [1.54, 1.807) is 13.3 Å². The number of nitrogens with one attached hydrogen (secondary N) is 2. The minimum atomic E-state index is 0.414. The lowest BCUT2D eigenvalue weighted by atomic mass is 10.2. The SMILES string of the molecule is COc1ccc(C)cc1Nc1nncc(NCc2ccccc2)n1. The Kier molecular flexibility index (Phi) is 4.86. The molecule has 1 aromatic heterocycles. The first-order valence-electron chi connectivity index (χ1n) is 7.64. The van der Waals surface area contributed by atoms with Crippen LogP contribution in [0.3, 0.4) is 0 Å². The van der Waals surface area contributed by atoms with Crippen molar-refractivity contribution in [1.82, 2.24) is 15.2 Å². The molecule has 1 heterocycles. The third kappa shape index (κ3) is 3.98. The molecule has 3 aromatic rings. The Morgan fingerprint density at radius 1 is 1.08 bits per heavy atom. The van der Waals surface area contributed by atoms with Gasteiger partial charge in [0.15, 0.2) is 5.82 Å². The fraction of sp³-hybridized carbons (Fsp3) is 0.167. The number of benzene rings is 2. The molecule has 0 radical (unpaired) electrons. The molecule has 0 spiro atoms. The third-order valence-corrected chi connectivity index (χ3v) is 3.48. The van der Waals surface area contributed by atoms with Gasteiger partial charge in [0.1, 0.15) is 5.75 Å². The van der Waals surface area contributed by atoms with Crippen molar-refractivity contribution in [1.29, 1.82) is 0 Å². The summed E-state index contributed by atoms with van der Waals surface area (Å²) in [7, 11) is 1.63. The fourth-order valence-electron chi connectivity index (χ4n) is 2.27. The van der Waals surface area contributed by atoms with E-state index in [-0.39, 0.29) is 0 Å². The van der Waals surface area contributed by atoms with Crippen LogP contribution in [0, 0.1) is 6.92 Å². The van der Waals surface area contributed by atoms with Gasteiger partial charge in [-0.1, -0.05) is 36.4 Å². The standard InChI is InChI=1S/C18H19N5O/c1-13-8-9-16(24-2)15(10-13)21-18-22-17(12-20-23-18)19-11-14-6-4-3-5-7-14/h3-10,12H,11H2,1-2H3,(H2,19,21,22,23). The second-order valence-corrected chi connectivity index (χ2v) is 5.33. The molecule has 24 heavy (non-hydrogen) atoms. The van der Waals surface area contributed by atoms with Gasteiger partial charge in [-0.15, -0.1) is 5.10 Å². The minimum Gasteiger partial charge on any atom is -0.495 e. The van der Waals surface area contributed by atoms with E-state index in [4.69, 9.17) is 4.74 Å². The van der Waals surface area contributed by atoms with Crippen LogP contribution in [0.2, 0.25) is 0 Å². The van der Waals surface area contributed by atoms with Gasteiger partial charge in [0.25, 0.3) is 0 Å². The van der Waals surface area contributed by atoms with E-state index in [0.717, 1.165) is 17.0 Å². The lowest BCUT2D eigenvalue weighted by molar-refractivity contribution is 0.416. The molecule has 0 aliphatic heterocycles. The van der Waals surface area contributed by atoms with Gasteiger partial charge in [0.2, 0.25) is 5.95 Å². The number of ether oxygens (including phenoxy) is 1. The van der Waals surface area contributed by atoms with E-state index >= 15 is 0 Å². The van der Waals surface area contributed by atoms with Crippen molar-refractivity contribution in [2.24, 2.45) is 0 Å². The summed E-state index contributed by atoms with van der Waals surface area (Å²) >= 11 is 0. The fourth-order valence-corrected chi connectivity index (χ4v) is 2.27. The Bertz CT molecular complexity index is 808. The van der Waals surface area contributed by atoms with Crippen molar-refractivity contribution >= 4 is 17.5 Å². The summed E-state index contributed by atoms with van der Waals surface area (Å²) in [5, 5.41) is 14.4. The Morgan fingerprint density at radius 3 is 2.71 bits per heavy atom. The monoisotopic (exact) mass is 321 g/mol. The number of hydrogen-bond acceptors (Lipinski definition) is 6. The van der Waals surface area contributed by atoms with Crippen LogP contribution in [0.15, 0.2) is 54.7 Å². The first-order valence-corrected chi connectivity index (χ1v) is 7.64. The predicted molar refractivity (Wildman–Crippen MR) is 94.6 cm³/mol. The minimum absolute atomic E-state index is 0.414. The Hall–Kier alpha value is -3.15. The van der Waals surface area contributed by atoms with Crippen molar-refractivity contribution in [3.05, 3.63) is 65.9 Å². The van der Waals surface area contributed by atoms with Gasteiger partial charge in [0.05, 0.1) is 19.0 Å². The molecule has 0 atom stereocenters. The van der Waals surface area contributed by atoms with E-state index < -0.39 is 0 Å². The summed E-state index contributed by atoms with van der Waals surface area (Å²) in [6, 6.07) is 16.0. The highest BCUT2D eigenvalue weighted by molar-refractivity contribution is 5.63. The first-order chi connectivity index (χ1) is 11.7. The number of anilines is 3. The summed E-state index contributed by atoms with van der Waals surface area (Å²) in [4.78, 5) is 4.44. The second kappa shape index (κ2) is 7.41. The molecule has 0 saturated carbocycles. The zero-order chi connectivity index (χ0) is 16.8. The largest absolute Gasteiger partial charge is 0.495 e. The van der Waals surface area contributed by atoms with Gasteiger partial charge in [-0.05, 0) is 30.2 Å². The van der Waals surface area contributed by atoms with Gasteiger partial charge in [0, 0.05) is 6.54 Å². The Labute approximate surface area is 140 Å². The van der Waals surface area contributed by atoms with Crippen LogP contribution < -0.4 is 15.4 Å².